The number of hydrogen-bond acceptors (Lipinski definition) is 6. The van der Waals surface area contributed by atoms with Gasteiger partial charge in [0.05, 0.1) is 18.9 Å². The molecule has 0 aliphatic heterocycles. The fourth-order valence-electron chi connectivity index (χ4n) is 0.703. The zero-order valence-electron chi connectivity index (χ0n) is 13.1. The number of carboxylic acid groups (broad SMARTS) is 4. The summed E-state index contributed by atoms with van der Waals surface area (Å²) in [6, 6.07) is 0. The molecule has 0 heterocycles. The van der Waals surface area contributed by atoms with Gasteiger partial charge < -0.3 is 30.6 Å². The van der Waals surface area contributed by atoms with Crippen LogP contribution in [0.2, 0.25) is 0 Å². The van der Waals surface area contributed by atoms with Gasteiger partial charge in [0.1, 0.15) is 0 Å². The average molecular weight is 350 g/mol. The summed E-state index contributed by atoms with van der Waals surface area (Å²) in [7, 11) is 0. The second-order valence-corrected chi connectivity index (χ2v) is 4.32. The van der Waals surface area contributed by atoms with Crippen molar-refractivity contribution < 1.29 is 49.8 Å². The number of carbonyl (C=O) groups is 4. The summed E-state index contributed by atoms with van der Waals surface area (Å²) < 4.78 is 0. The summed E-state index contributed by atoms with van der Waals surface area (Å²) in [5, 5.41) is 48.6. The van der Waals surface area contributed by atoms with Crippen molar-refractivity contribution in [2.45, 2.75) is 32.3 Å². The zero-order chi connectivity index (χ0) is 19.9. The van der Waals surface area contributed by atoms with E-state index in [0.717, 1.165) is 0 Å². The summed E-state index contributed by atoms with van der Waals surface area (Å²) in [6.07, 6.45) is -0.875. The number of hydrogen-bond donors (Lipinski definition) is 6. The van der Waals surface area contributed by atoms with Crippen LogP contribution in [0.4, 0.5) is 0 Å². The van der Waals surface area contributed by atoms with Gasteiger partial charge in [-0.1, -0.05) is 13.2 Å². The van der Waals surface area contributed by atoms with E-state index in [2.05, 4.69) is 13.2 Å². The SMILES string of the molecule is C=C(CC(=O)O)C(=O)O.C=C(CC(=O)O)C(=O)O.CC(O)CCO. The quantitative estimate of drug-likeness (QED) is 0.324. The van der Waals surface area contributed by atoms with E-state index < -0.39 is 36.7 Å². The number of rotatable bonds is 8. The molecule has 0 rings (SSSR count). The average Bonchev–Trinajstić information content (AvgIpc) is 2.38. The number of aliphatic carboxylic acids is 4. The fourth-order valence-corrected chi connectivity index (χ4v) is 0.703. The van der Waals surface area contributed by atoms with Gasteiger partial charge in [0.25, 0.3) is 0 Å². The van der Waals surface area contributed by atoms with Crippen molar-refractivity contribution >= 4 is 23.9 Å². The molecule has 0 saturated carbocycles. The molecule has 0 radical (unpaired) electrons. The summed E-state index contributed by atoms with van der Waals surface area (Å²) >= 11 is 0. The first-order valence-electron chi connectivity index (χ1n) is 6.39. The second kappa shape index (κ2) is 15.2. The highest BCUT2D eigenvalue weighted by Crippen LogP contribution is 1.96. The first-order chi connectivity index (χ1) is 10.8. The predicted octanol–water partition coefficient (Wildman–Crippen LogP) is -0.0466. The smallest absolute Gasteiger partial charge is 0.331 e. The third kappa shape index (κ3) is 24.3. The highest BCUT2D eigenvalue weighted by Gasteiger charge is 2.07. The molecule has 0 fully saturated rings. The molecule has 0 aliphatic carbocycles. The Balaban J connectivity index is -0.000000282. The molecule has 0 aromatic heterocycles. The van der Waals surface area contributed by atoms with E-state index >= 15 is 0 Å². The molecule has 0 amide bonds. The number of aliphatic hydroxyl groups excluding tert-OH is 2. The minimum atomic E-state index is -1.27. The van der Waals surface area contributed by atoms with Crippen molar-refractivity contribution in [3.05, 3.63) is 24.3 Å². The van der Waals surface area contributed by atoms with Crippen LogP contribution in [0.15, 0.2) is 24.3 Å². The third-order valence-electron chi connectivity index (χ3n) is 1.88. The molecule has 24 heavy (non-hydrogen) atoms. The maximum absolute atomic E-state index is 9.87. The maximum Gasteiger partial charge on any atom is 0.331 e. The number of carboxylic acids is 4. The van der Waals surface area contributed by atoms with Crippen molar-refractivity contribution in [3.8, 4) is 0 Å². The second-order valence-electron chi connectivity index (χ2n) is 4.32. The molecule has 0 aromatic carbocycles. The van der Waals surface area contributed by atoms with E-state index in [-0.39, 0.29) is 23.9 Å². The van der Waals surface area contributed by atoms with Gasteiger partial charge in [-0.2, -0.15) is 0 Å². The molecule has 1 atom stereocenters. The topological polar surface area (TPSA) is 190 Å². The standard InChI is InChI=1S/2C5H6O4.C4H10O2/c2*1-3(5(8)9)2-4(6)7;1-4(6)2-3-5/h2*1-2H2,(H,6,7)(H,8,9);4-6H,2-3H2,1H3. The van der Waals surface area contributed by atoms with Crippen LogP contribution in [-0.2, 0) is 19.2 Å². The molecule has 0 saturated heterocycles. The summed E-state index contributed by atoms with van der Waals surface area (Å²) in [5.74, 6) is -4.89. The Bertz CT molecular complexity index is 426. The highest BCUT2D eigenvalue weighted by atomic mass is 16.4. The lowest BCUT2D eigenvalue weighted by molar-refractivity contribution is -0.139. The van der Waals surface area contributed by atoms with E-state index in [1.807, 2.05) is 0 Å². The van der Waals surface area contributed by atoms with Crippen LogP contribution in [0.1, 0.15) is 26.2 Å². The summed E-state index contributed by atoms with van der Waals surface area (Å²) in [5.41, 5.74) is -0.606. The van der Waals surface area contributed by atoms with Gasteiger partial charge in [-0.25, -0.2) is 9.59 Å². The van der Waals surface area contributed by atoms with Crippen molar-refractivity contribution in [2.24, 2.45) is 0 Å². The lowest BCUT2D eigenvalue weighted by Crippen LogP contribution is -2.04. The van der Waals surface area contributed by atoms with Gasteiger partial charge in [-0.05, 0) is 13.3 Å². The number of aliphatic hydroxyl groups is 2. The van der Waals surface area contributed by atoms with E-state index in [4.69, 9.17) is 30.6 Å². The van der Waals surface area contributed by atoms with Crippen LogP contribution in [0, 0.1) is 0 Å². The van der Waals surface area contributed by atoms with Gasteiger partial charge in [0.15, 0.2) is 0 Å². The van der Waals surface area contributed by atoms with E-state index in [1.54, 1.807) is 6.92 Å². The molecule has 138 valence electrons. The Morgan fingerprint density at radius 1 is 0.833 bits per heavy atom. The van der Waals surface area contributed by atoms with Crippen LogP contribution in [0.25, 0.3) is 0 Å². The van der Waals surface area contributed by atoms with E-state index in [1.165, 1.54) is 0 Å². The summed E-state index contributed by atoms with van der Waals surface area (Å²) in [4.78, 5) is 39.3. The monoisotopic (exact) mass is 350 g/mol. The van der Waals surface area contributed by atoms with Crippen molar-refractivity contribution in [2.75, 3.05) is 6.61 Å². The van der Waals surface area contributed by atoms with Gasteiger partial charge >= 0.3 is 23.9 Å². The summed E-state index contributed by atoms with van der Waals surface area (Å²) in [6.45, 7) is 7.76. The molecule has 0 aliphatic rings. The van der Waals surface area contributed by atoms with Gasteiger partial charge in [0, 0.05) is 17.8 Å². The van der Waals surface area contributed by atoms with Gasteiger partial charge in [-0.3, -0.25) is 9.59 Å². The lowest BCUT2D eigenvalue weighted by Gasteiger charge is -1.95. The van der Waals surface area contributed by atoms with Crippen LogP contribution in [-0.4, -0.2) is 67.2 Å². The van der Waals surface area contributed by atoms with E-state index in [9.17, 15) is 19.2 Å². The molecule has 10 heteroatoms. The molecule has 0 aromatic rings. The minimum absolute atomic E-state index is 0.0810. The molecule has 10 nitrogen and oxygen atoms in total. The van der Waals surface area contributed by atoms with Crippen molar-refractivity contribution in [1.29, 1.82) is 0 Å². The first kappa shape index (κ1) is 26.2. The van der Waals surface area contributed by atoms with E-state index in [0.29, 0.717) is 6.42 Å². The molecule has 0 spiro atoms. The third-order valence-corrected chi connectivity index (χ3v) is 1.88. The fraction of sp³-hybridized carbons (Fsp3) is 0.429. The maximum atomic E-state index is 9.87. The Hall–Kier alpha value is -2.72. The predicted molar refractivity (Wildman–Crippen MR) is 81.4 cm³/mol. The highest BCUT2D eigenvalue weighted by molar-refractivity contribution is 5.91. The molecule has 0 bridgehead atoms. The minimum Gasteiger partial charge on any atom is -0.481 e. The van der Waals surface area contributed by atoms with Crippen molar-refractivity contribution in [3.63, 3.8) is 0 Å². The Morgan fingerprint density at radius 2 is 1.12 bits per heavy atom. The van der Waals surface area contributed by atoms with Crippen LogP contribution in [0.3, 0.4) is 0 Å². The normalized spacial score (nSPS) is 9.96. The van der Waals surface area contributed by atoms with Gasteiger partial charge in [0.2, 0.25) is 0 Å². The largest absolute Gasteiger partial charge is 0.481 e. The Labute approximate surface area is 138 Å². The Kier molecular flexibility index (Phi) is 16.6. The molecule has 1 unspecified atom stereocenters. The first-order valence-corrected chi connectivity index (χ1v) is 6.39. The molecular weight excluding hydrogens is 328 g/mol. The van der Waals surface area contributed by atoms with Crippen LogP contribution >= 0.6 is 0 Å². The van der Waals surface area contributed by atoms with Crippen LogP contribution < -0.4 is 0 Å². The zero-order valence-corrected chi connectivity index (χ0v) is 13.1. The molecular formula is C14H22O10. The molecule has 6 N–H and O–H groups in total. The van der Waals surface area contributed by atoms with Gasteiger partial charge in [-0.15, -0.1) is 0 Å². The Morgan fingerprint density at radius 3 is 1.17 bits per heavy atom. The van der Waals surface area contributed by atoms with Crippen LogP contribution in [0.5, 0.6) is 0 Å². The lowest BCUT2D eigenvalue weighted by atomic mass is 10.2. The van der Waals surface area contributed by atoms with Crippen molar-refractivity contribution in [1.82, 2.24) is 0 Å².